The summed E-state index contributed by atoms with van der Waals surface area (Å²) >= 11 is 1.30. The number of nitrogens with one attached hydrogen (secondary N) is 1. The highest BCUT2D eigenvalue weighted by Crippen LogP contribution is 2.19. The zero-order valence-electron chi connectivity index (χ0n) is 68.6. The summed E-state index contributed by atoms with van der Waals surface area (Å²) in [7, 11) is 0. The second kappa shape index (κ2) is 88.8. The molecule has 24 N–H and O–H groups in total. The van der Waals surface area contributed by atoms with Crippen LogP contribution < -0.4 is 56.9 Å². The Morgan fingerprint density at radius 2 is 0.578 bits per heavy atom. The Morgan fingerprint density at radius 1 is 0.303 bits per heavy atom. The number of nitrogens with two attached hydrogens (primary N) is 9. The standard InChI is InChI=1S/C54H103NO7S.C9H19N3O4.3C6H14N2O2/c1-4-7-10-13-16-19-22-25-28-31-34-37-40-43-51(56)55-50(54(59)60)48-63-47-49(62-53(58)45-42-39-36-33-30-27-24-21-18-15-12-9-6-3)46-61-52(57)44-41-38-35-32-29-26-23-20-17-14-11-8-5-2;10-4-2-1-3-6(11)9(15)16-5-7(12)8(13)14;3*7-4-2-1-3-5(8)6(9)10/h49-50H,4-48H2,1-3H3,(H,55,56)(H,59,60);6-7H,1-5,10-12H2,(H,13,14);3*5H,1-4,7-8H2,(H,9,10)/t49?,50-;6-,7-;3*5-/m00000/s1. The Kier molecular flexibility index (Phi) is 91.9. The number of aliphatic carboxylic acids is 5. The lowest BCUT2D eigenvalue weighted by molar-refractivity contribution is -0.157. The van der Waals surface area contributed by atoms with E-state index in [0.717, 1.165) is 109 Å². The molecule has 0 spiro atoms. The average Bonchev–Trinajstić information content (AvgIpc) is 0.953. The Morgan fingerprint density at radius 3 is 0.862 bits per heavy atom. The van der Waals surface area contributed by atoms with Gasteiger partial charge in [0.05, 0.1) is 0 Å². The van der Waals surface area contributed by atoms with E-state index in [1.807, 2.05) is 0 Å². The van der Waals surface area contributed by atoms with E-state index in [9.17, 15) is 48.3 Å². The molecule has 646 valence electrons. The molecule has 0 saturated carbocycles. The van der Waals surface area contributed by atoms with Crippen LogP contribution in [0, 0.1) is 0 Å². The highest BCUT2D eigenvalue weighted by molar-refractivity contribution is 7.99. The Labute approximate surface area is 662 Å². The van der Waals surface area contributed by atoms with Gasteiger partial charge >= 0.3 is 47.8 Å². The fraction of sp³-hybridized carbons (Fsp3) is 0.889. The first-order valence-corrected chi connectivity index (χ1v) is 43.6. The molecule has 0 rings (SSSR count). The number of hydrogen-bond donors (Lipinski definition) is 15. The van der Waals surface area contributed by atoms with Crippen LogP contribution in [0.3, 0.4) is 0 Å². The molecule has 1 amide bonds. The van der Waals surface area contributed by atoms with Gasteiger partial charge in [-0.25, -0.2) is 4.79 Å². The second-order valence-corrected chi connectivity index (χ2v) is 30.0. The van der Waals surface area contributed by atoms with Gasteiger partial charge in [-0.1, -0.05) is 278 Å². The van der Waals surface area contributed by atoms with Gasteiger partial charge in [-0.05, 0) is 96.8 Å². The summed E-state index contributed by atoms with van der Waals surface area (Å²) in [5.74, 6) is -6.14. The van der Waals surface area contributed by atoms with Gasteiger partial charge in [-0.15, -0.1) is 0 Å². The number of thioether (sulfide) groups is 1. The van der Waals surface area contributed by atoms with E-state index < -0.39 is 78.2 Å². The van der Waals surface area contributed by atoms with Crippen LogP contribution in [0.15, 0.2) is 0 Å². The molecule has 1 unspecified atom stereocenters. The minimum atomic E-state index is -1.22. The van der Waals surface area contributed by atoms with Crippen molar-refractivity contribution < 1.29 is 82.9 Å². The molecule has 0 saturated heterocycles. The number of hydrogen-bond acceptors (Lipinski definition) is 22. The molecule has 0 fully saturated rings. The third-order valence-corrected chi connectivity index (χ3v) is 19.5. The zero-order valence-corrected chi connectivity index (χ0v) is 69.4. The maximum Gasteiger partial charge on any atom is 0.327 e. The average molecular weight is 1580 g/mol. The van der Waals surface area contributed by atoms with Crippen molar-refractivity contribution in [1.82, 2.24) is 5.32 Å². The van der Waals surface area contributed by atoms with Crippen molar-refractivity contribution in [2.24, 2.45) is 51.6 Å². The topological polar surface area (TPSA) is 529 Å². The van der Waals surface area contributed by atoms with E-state index in [4.69, 9.17) is 81.5 Å². The third kappa shape index (κ3) is 90.3. The number of unbranched alkanes of at least 4 members (excludes halogenated alkanes) is 40. The van der Waals surface area contributed by atoms with Crippen LogP contribution in [0.5, 0.6) is 0 Å². The van der Waals surface area contributed by atoms with Crippen LogP contribution in [0.25, 0.3) is 0 Å². The summed E-state index contributed by atoms with van der Waals surface area (Å²) in [4.78, 5) is 102. The summed E-state index contributed by atoms with van der Waals surface area (Å²) in [5.41, 5.74) is 47.2. The van der Waals surface area contributed by atoms with Crippen LogP contribution in [-0.4, -0.2) is 172 Å². The molecule has 0 aromatic heterocycles. The first-order valence-electron chi connectivity index (χ1n) is 42.5. The van der Waals surface area contributed by atoms with Crippen LogP contribution >= 0.6 is 11.8 Å². The van der Waals surface area contributed by atoms with Crippen molar-refractivity contribution >= 4 is 65.4 Å². The largest absolute Gasteiger partial charge is 0.480 e. The number of amides is 1. The Hall–Kier alpha value is -4.78. The number of carbonyl (C=O) groups is 9. The number of esters is 3. The minimum absolute atomic E-state index is 0.0439. The molecular formula is C81H164N10O17S. The van der Waals surface area contributed by atoms with Crippen molar-refractivity contribution in [3.05, 3.63) is 0 Å². The highest BCUT2D eigenvalue weighted by atomic mass is 32.2. The van der Waals surface area contributed by atoms with E-state index in [0.29, 0.717) is 71.1 Å². The summed E-state index contributed by atoms with van der Waals surface area (Å²) in [5, 5.41) is 46.0. The zero-order chi connectivity index (χ0) is 82.6. The van der Waals surface area contributed by atoms with Gasteiger partial charge in [-0.3, -0.25) is 38.4 Å². The van der Waals surface area contributed by atoms with Gasteiger partial charge in [0.15, 0.2) is 0 Å². The molecule has 27 nitrogen and oxygen atoms in total. The van der Waals surface area contributed by atoms with Gasteiger partial charge in [0.1, 0.15) is 55.6 Å². The van der Waals surface area contributed by atoms with Crippen molar-refractivity contribution in [3.63, 3.8) is 0 Å². The molecule has 0 bridgehead atoms. The van der Waals surface area contributed by atoms with Crippen molar-refractivity contribution in [2.75, 3.05) is 50.9 Å². The van der Waals surface area contributed by atoms with E-state index in [1.54, 1.807) is 0 Å². The highest BCUT2D eigenvalue weighted by Gasteiger charge is 2.24. The summed E-state index contributed by atoms with van der Waals surface area (Å²) in [6, 6.07) is -5.14. The minimum Gasteiger partial charge on any atom is -0.480 e. The number of ether oxygens (including phenoxy) is 3. The summed E-state index contributed by atoms with van der Waals surface area (Å²) < 4.78 is 16.1. The normalized spacial score (nSPS) is 12.8. The predicted octanol–water partition coefficient (Wildman–Crippen LogP) is 13.2. The first-order chi connectivity index (χ1) is 52.4. The van der Waals surface area contributed by atoms with Gasteiger partial charge in [-0.2, -0.15) is 11.8 Å². The third-order valence-electron chi connectivity index (χ3n) is 18.3. The van der Waals surface area contributed by atoms with Crippen LogP contribution in [0.2, 0.25) is 0 Å². The maximum absolute atomic E-state index is 12.9. The fourth-order valence-corrected chi connectivity index (χ4v) is 12.2. The van der Waals surface area contributed by atoms with E-state index >= 15 is 0 Å². The van der Waals surface area contributed by atoms with Gasteiger partial charge in [0, 0.05) is 30.8 Å². The van der Waals surface area contributed by atoms with Crippen molar-refractivity contribution in [2.45, 2.75) is 410 Å². The molecule has 0 aliphatic carbocycles. The fourth-order valence-electron chi connectivity index (χ4n) is 11.1. The smallest absolute Gasteiger partial charge is 0.327 e. The van der Waals surface area contributed by atoms with Crippen molar-refractivity contribution in [1.29, 1.82) is 0 Å². The molecule has 28 heteroatoms. The van der Waals surface area contributed by atoms with E-state index in [-0.39, 0.29) is 42.6 Å². The number of carbonyl (C=O) groups excluding carboxylic acids is 4. The lowest BCUT2D eigenvalue weighted by Gasteiger charge is -2.19. The Balaban J connectivity index is -0.000000618. The van der Waals surface area contributed by atoms with Gasteiger partial charge in [0.2, 0.25) is 5.91 Å². The number of carboxylic acids is 5. The van der Waals surface area contributed by atoms with Gasteiger partial charge < -0.3 is 96.7 Å². The Bertz CT molecular complexity index is 2050. The number of carboxylic acid groups (broad SMARTS) is 5. The SMILES string of the molecule is CCCCCCCCCCCCCCCC(=O)N[C@@H](CSCC(COC(=O)CCCCCCCCCCCCCCC)OC(=O)CCCCCCCCCCCCCCC)C(=O)O.NCCCC[C@H](N)C(=O)O.NCCCC[C@H](N)C(=O)O.NCCCC[C@H](N)C(=O)O.NCCCC[C@H](N)C(=O)OC[C@H](N)C(=O)O. The van der Waals surface area contributed by atoms with Crippen LogP contribution in [-0.2, 0) is 57.4 Å². The molecule has 0 radical (unpaired) electrons. The summed E-state index contributed by atoms with van der Waals surface area (Å²) in [6.45, 7) is 8.72. The molecule has 0 aliphatic heterocycles. The lowest BCUT2D eigenvalue weighted by Crippen LogP contribution is -2.42. The van der Waals surface area contributed by atoms with E-state index in [1.165, 1.54) is 204 Å². The molecule has 0 aromatic carbocycles. The van der Waals surface area contributed by atoms with Gasteiger partial charge in [0.25, 0.3) is 0 Å². The maximum atomic E-state index is 12.9. The van der Waals surface area contributed by atoms with Crippen LogP contribution in [0.1, 0.15) is 367 Å². The monoisotopic (exact) mass is 1580 g/mol. The van der Waals surface area contributed by atoms with Crippen molar-refractivity contribution in [3.8, 4) is 0 Å². The molecule has 0 aliphatic rings. The quantitative estimate of drug-likeness (QED) is 0.0153. The first kappa shape index (κ1) is 113. The number of rotatable bonds is 74. The predicted molar refractivity (Wildman–Crippen MR) is 442 cm³/mol. The van der Waals surface area contributed by atoms with E-state index in [2.05, 4.69) is 30.8 Å². The molecule has 0 heterocycles. The van der Waals surface area contributed by atoms with Crippen LogP contribution in [0.4, 0.5) is 0 Å². The lowest BCUT2D eigenvalue weighted by atomic mass is 10.0. The molecule has 109 heavy (non-hydrogen) atoms. The second-order valence-electron chi connectivity index (χ2n) is 28.9. The summed E-state index contributed by atoms with van der Waals surface area (Å²) in [6.07, 6.45) is 56.8. The molecular weight excluding hydrogens is 1420 g/mol. The molecule has 7 atom stereocenters. The molecule has 0 aromatic rings.